The molecule has 2 nitrogen and oxygen atoms in total. The molecule has 0 fully saturated rings. The van der Waals surface area contributed by atoms with Crippen LogP contribution in [0.5, 0.6) is 0 Å². The predicted octanol–water partition coefficient (Wildman–Crippen LogP) is 3.24. The van der Waals surface area contributed by atoms with E-state index in [9.17, 15) is 4.79 Å². The normalized spacial score (nSPS) is 10.1. The van der Waals surface area contributed by atoms with Crippen molar-refractivity contribution in [1.82, 2.24) is 0 Å². The summed E-state index contributed by atoms with van der Waals surface area (Å²) in [6.07, 6.45) is 0. The van der Waals surface area contributed by atoms with Crippen molar-refractivity contribution >= 4 is 23.2 Å². The first-order chi connectivity index (χ1) is 8.27. The van der Waals surface area contributed by atoms with Crippen molar-refractivity contribution in [2.24, 2.45) is 0 Å². The van der Waals surface area contributed by atoms with Gasteiger partial charge >= 0.3 is 0 Å². The van der Waals surface area contributed by atoms with Gasteiger partial charge < -0.3 is 5.73 Å². The second kappa shape index (κ2) is 5.55. The lowest BCUT2D eigenvalue weighted by Gasteiger charge is -2.04. The molecule has 0 saturated carbocycles. The van der Waals surface area contributed by atoms with E-state index in [-0.39, 0.29) is 5.78 Å². The minimum atomic E-state index is 0.124. The molecule has 2 rings (SSSR count). The number of nitrogen functional groups attached to an aromatic ring is 1. The Morgan fingerprint density at radius 3 is 2.35 bits per heavy atom. The lowest BCUT2D eigenvalue weighted by atomic mass is 10.2. The second-order valence-electron chi connectivity index (χ2n) is 3.62. The molecular formula is C14H13NOS. The van der Waals surface area contributed by atoms with Crippen molar-refractivity contribution in [3.63, 3.8) is 0 Å². The van der Waals surface area contributed by atoms with Gasteiger partial charge in [0.15, 0.2) is 5.78 Å². The summed E-state index contributed by atoms with van der Waals surface area (Å²) in [6, 6.07) is 16.9. The fraction of sp³-hybridized carbons (Fsp3) is 0.0714. The third kappa shape index (κ3) is 3.11. The lowest BCUT2D eigenvalue weighted by molar-refractivity contribution is 0.102. The first kappa shape index (κ1) is 11.7. The van der Waals surface area contributed by atoms with Crippen LogP contribution in [0.3, 0.4) is 0 Å². The molecule has 0 unspecified atom stereocenters. The molecule has 0 bridgehead atoms. The van der Waals surface area contributed by atoms with Crippen LogP contribution in [0.1, 0.15) is 10.4 Å². The third-order valence-electron chi connectivity index (χ3n) is 2.37. The number of thioether (sulfide) groups is 1. The van der Waals surface area contributed by atoms with Crippen molar-refractivity contribution in [1.29, 1.82) is 0 Å². The van der Waals surface area contributed by atoms with Gasteiger partial charge in [0, 0.05) is 16.1 Å². The van der Waals surface area contributed by atoms with E-state index in [2.05, 4.69) is 0 Å². The Kier molecular flexibility index (Phi) is 3.83. The van der Waals surface area contributed by atoms with Gasteiger partial charge in [-0.05, 0) is 12.1 Å². The minimum absolute atomic E-state index is 0.124. The van der Waals surface area contributed by atoms with E-state index in [1.165, 1.54) is 11.8 Å². The summed E-state index contributed by atoms with van der Waals surface area (Å²) in [5.74, 6) is 0.539. The Balaban J connectivity index is 2.00. The smallest absolute Gasteiger partial charge is 0.173 e. The van der Waals surface area contributed by atoms with Crippen molar-refractivity contribution in [3.8, 4) is 0 Å². The molecule has 0 saturated heterocycles. The van der Waals surface area contributed by atoms with Gasteiger partial charge in [-0.1, -0.05) is 42.5 Å². The summed E-state index contributed by atoms with van der Waals surface area (Å²) in [5, 5.41) is 0. The summed E-state index contributed by atoms with van der Waals surface area (Å²) in [7, 11) is 0. The highest BCUT2D eigenvalue weighted by atomic mass is 32.2. The molecule has 0 aliphatic heterocycles. The van der Waals surface area contributed by atoms with E-state index < -0.39 is 0 Å². The highest BCUT2D eigenvalue weighted by Crippen LogP contribution is 2.24. The Morgan fingerprint density at radius 2 is 1.65 bits per heavy atom. The number of benzene rings is 2. The average Bonchev–Trinajstić information content (AvgIpc) is 2.38. The fourth-order valence-corrected chi connectivity index (χ4v) is 2.33. The van der Waals surface area contributed by atoms with Gasteiger partial charge in [-0.3, -0.25) is 4.79 Å². The van der Waals surface area contributed by atoms with Crippen molar-refractivity contribution < 1.29 is 4.79 Å². The van der Waals surface area contributed by atoms with Gasteiger partial charge in [0.05, 0.1) is 5.75 Å². The summed E-state index contributed by atoms with van der Waals surface area (Å²) in [4.78, 5) is 12.8. The maximum Gasteiger partial charge on any atom is 0.173 e. The maximum absolute atomic E-state index is 11.9. The number of ketones is 1. The van der Waals surface area contributed by atoms with Crippen LogP contribution in [0.4, 0.5) is 5.69 Å². The Morgan fingerprint density at radius 1 is 1.00 bits per heavy atom. The number of hydrogen-bond acceptors (Lipinski definition) is 3. The van der Waals surface area contributed by atoms with E-state index in [0.29, 0.717) is 5.75 Å². The van der Waals surface area contributed by atoms with E-state index in [0.717, 1.165) is 16.1 Å². The zero-order valence-electron chi connectivity index (χ0n) is 9.30. The first-order valence-electron chi connectivity index (χ1n) is 5.33. The molecule has 0 radical (unpaired) electrons. The Bertz CT molecular complexity index is 511. The number of hydrogen-bond donors (Lipinski definition) is 1. The largest absolute Gasteiger partial charge is 0.398 e. The van der Waals surface area contributed by atoms with Gasteiger partial charge in [-0.25, -0.2) is 0 Å². The highest BCUT2D eigenvalue weighted by molar-refractivity contribution is 8.00. The molecular weight excluding hydrogens is 230 g/mol. The molecule has 0 amide bonds. The van der Waals surface area contributed by atoms with Gasteiger partial charge in [0.2, 0.25) is 0 Å². The molecule has 2 aromatic carbocycles. The minimum Gasteiger partial charge on any atom is -0.398 e. The number of para-hydroxylation sites is 1. The number of carbonyl (C=O) groups is 1. The zero-order valence-corrected chi connectivity index (χ0v) is 10.1. The second-order valence-corrected chi connectivity index (χ2v) is 4.63. The molecule has 0 aromatic heterocycles. The standard InChI is InChI=1S/C14H13NOS/c15-12-8-4-5-9-14(12)17-10-13(16)11-6-2-1-3-7-11/h1-9H,10,15H2. The SMILES string of the molecule is Nc1ccccc1SCC(=O)c1ccccc1. The number of Topliss-reactive ketones (excluding diaryl/α,β-unsaturated/α-hetero) is 1. The van der Waals surface area contributed by atoms with Gasteiger partial charge in [-0.2, -0.15) is 0 Å². The van der Waals surface area contributed by atoms with Crippen LogP contribution in [0.2, 0.25) is 0 Å². The monoisotopic (exact) mass is 243 g/mol. The Labute approximate surface area is 105 Å². The molecule has 0 aliphatic carbocycles. The van der Waals surface area contributed by atoms with E-state index in [4.69, 9.17) is 5.73 Å². The summed E-state index contributed by atoms with van der Waals surface area (Å²) in [5.41, 5.74) is 7.28. The molecule has 2 aromatic rings. The van der Waals surface area contributed by atoms with E-state index >= 15 is 0 Å². The highest BCUT2D eigenvalue weighted by Gasteiger charge is 2.06. The summed E-state index contributed by atoms with van der Waals surface area (Å²) < 4.78 is 0. The maximum atomic E-state index is 11.9. The van der Waals surface area contributed by atoms with E-state index in [1.807, 2.05) is 54.6 Å². The number of rotatable bonds is 4. The zero-order chi connectivity index (χ0) is 12.1. The van der Waals surface area contributed by atoms with Crippen molar-refractivity contribution in [2.45, 2.75) is 4.90 Å². The fourth-order valence-electron chi connectivity index (χ4n) is 1.46. The van der Waals surface area contributed by atoms with Crippen LogP contribution in [0.25, 0.3) is 0 Å². The van der Waals surface area contributed by atoms with Gasteiger partial charge in [0.1, 0.15) is 0 Å². The van der Waals surface area contributed by atoms with Crippen LogP contribution >= 0.6 is 11.8 Å². The molecule has 0 aliphatic rings. The predicted molar refractivity (Wildman–Crippen MR) is 72.4 cm³/mol. The molecule has 0 atom stereocenters. The number of carbonyl (C=O) groups excluding carboxylic acids is 1. The third-order valence-corrected chi connectivity index (χ3v) is 3.46. The van der Waals surface area contributed by atoms with Gasteiger partial charge in [0.25, 0.3) is 0 Å². The van der Waals surface area contributed by atoms with Crippen LogP contribution in [0.15, 0.2) is 59.5 Å². The lowest BCUT2D eigenvalue weighted by Crippen LogP contribution is -2.02. The number of nitrogens with two attached hydrogens (primary N) is 1. The quantitative estimate of drug-likeness (QED) is 0.509. The van der Waals surface area contributed by atoms with Crippen LogP contribution < -0.4 is 5.73 Å². The molecule has 2 N–H and O–H groups in total. The van der Waals surface area contributed by atoms with Crippen LogP contribution in [-0.4, -0.2) is 11.5 Å². The Hall–Kier alpha value is -1.74. The molecule has 17 heavy (non-hydrogen) atoms. The van der Waals surface area contributed by atoms with Crippen LogP contribution in [-0.2, 0) is 0 Å². The number of anilines is 1. The van der Waals surface area contributed by atoms with Crippen LogP contribution in [0, 0.1) is 0 Å². The van der Waals surface area contributed by atoms with Gasteiger partial charge in [-0.15, -0.1) is 11.8 Å². The van der Waals surface area contributed by atoms with E-state index in [1.54, 1.807) is 0 Å². The molecule has 0 heterocycles. The first-order valence-corrected chi connectivity index (χ1v) is 6.31. The average molecular weight is 243 g/mol. The van der Waals surface area contributed by atoms with Crippen molar-refractivity contribution in [2.75, 3.05) is 11.5 Å². The molecule has 3 heteroatoms. The van der Waals surface area contributed by atoms with Crippen molar-refractivity contribution in [3.05, 3.63) is 60.2 Å². The topological polar surface area (TPSA) is 43.1 Å². The molecule has 86 valence electrons. The summed E-state index contributed by atoms with van der Waals surface area (Å²) in [6.45, 7) is 0. The molecule has 0 spiro atoms. The summed E-state index contributed by atoms with van der Waals surface area (Å²) >= 11 is 1.48.